The average molecular weight is 331 g/mol. The Kier molecular flexibility index (Phi) is 6.18. The van der Waals surface area contributed by atoms with Gasteiger partial charge in [0.2, 0.25) is 5.91 Å². The van der Waals surface area contributed by atoms with Crippen molar-refractivity contribution >= 4 is 23.4 Å². The van der Waals surface area contributed by atoms with Crippen molar-refractivity contribution < 1.29 is 9.59 Å². The standard InChI is InChI=1S/C18H19ClN2O2/c1-2-21(13-14-8-4-3-5-9-14)17(22)12-20-18(23)15-10-6-7-11-16(15)19/h3-11H,2,12-13H2,1H3,(H,20,23). The molecule has 0 saturated heterocycles. The molecule has 4 nitrogen and oxygen atoms in total. The van der Waals surface area contributed by atoms with E-state index in [1.807, 2.05) is 37.3 Å². The minimum Gasteiger partial charge on any atom is -0.343 e. The van der Waals surface area contributed by atoms with E-state index in [1.54, 1.807) is 29.2 Å². The summed E-state index contributed by atoms with van der Waals surface area (Å²) >= 11 is 5.98. The van der Waals surface area contributed by atoms with Crippen LogP contribution in [0.2, 0.25) is 5.02 Å². The summed E-state index contributed by atoms with van der Waals surface area (Å²) in [6.07, 6.45) is 0. The Morgan fingerprint density at radius 2 is 1.70 bits per heavy atom. The van der Waals surface area contributed by atoms with Crippen molar-refractivity contribution in [3.63, 3.8) is 0 Å². The fourth-order valence-corrected chi connectivity index (χ4v) is 2.41. The third-order valence-corrected chi connectivity index (χ3v) is 3.80. The number of carbonyl (C=O) groups excluding carboxylic acids is 2. The number of amides is 2. The monoisotopic (exact) mass is 330 g/mol. The molecule has 1 N–H and O–H groups in total. The van der Waals surface area contributed by atoms with Crippen LogP contribution in [0, 0.1) is 0 Å². The summed E-state index contributed by atoms with van der Waals surface area (Å²) in [5.41, 5.74) is 1.42. The topological polar surface area (TPSA) is 49.4 Å². The zero-order chi connectivity index (χ0) is 16.7. The van der Waals surface area contributed by atoms with E-state index in [2.05, 4.69) is 5.32 Å². The first-order valence-corrected chi connectivity index (χ1v) is 7.84. The van der Waals surface area contributed by atoms with Gasteiger partial charge >= 0.3 is 0 Å². The van der Waals surface area contributed by atoms with Crippen molar-refractivity contribution in [1.82, 2.24) is 10.2 Å². The third-order valence-electron chi connectivity index (χ3n) is 3.47. The lowest BCUT2D eigenvalue weighted by Crippen LogP contribution is -2.39. The van der Waals surface area contributed by atoms with Gasteiger partial charge < -0.3 is 10.2 Å². The third kappa shape index (κ3) is 4.83. The summed E-state index contributed by atoms with van der Waals surface area (Å²) < 4.78 is 0. The second-order valence-electron chi connectivity index (χ2n) is 5.06. The zero-order valence-corrected chi connectivity index (χ0v) is 13.7. The number of halogens is 1. The summed E-state index contributed by atoms with van der Waals surface area (Å²) in [6, 6.07) is 16.5. The molecule has 0 aliphatic heterocycles. The van der Waals surface area contributed by atoms with Crippen LogP contribution in [0.1, 0.15) is 22.8 Å². The van der Waals surface area contributed by atoms with Gasteiger partial charge in [-0.1, -0.05) is 54.1 Å². The Morgan fingerprint density at radius 3 is 2.35 bits per heavy atom. The molecule has 5 heteroatoms. The quantitative estimate of drug-likeness (QED) is 0.884. The van der Waals surface area contributed by atoms with Crippen LogP contribution in [0.15, 0.2) is 54.6 Å². The van der Waals surface area contributed by atoms with Crippen molar-refractivity contribution in [1.29, 1.82) is 0 Å². The smallest absolute Gasteiger partial charge is 0.253 e. The number of nitrogens with zero attached hydrogens (tertiary/aromatic N) is 1. The number of hydrogen-bond acceptors (Lipinski definition) is 2. The predicted molar refractivity (Wildman–Crippen MR) is 91.3 cm³/mol. The first-order valence-electron chi connectivity index (χ1n) is 7.46. The van der Waals surface area contributed by atoms with Gasteiger partial charge in [0.1, 0.15) is 0 Å². The van der Waals surface area contributed by atoms with E-state index in [0.717, 1.165) is 5.56 Å². The lowest BCUT2D eigenvalue weighted by Gasteiger charge is -2.21. The minimum atomic E-state index is -0.347. The summed E-state index contributed by atoms with van der Waals surface area (Å²) in [4.78, 5) is 26.0. The first-order chi connectivity index (χ1) is 11.1. The number of benzene rings is 2. The van der Waals surface area contributed by atoms with E-state index in [1.165, 1.54) is 0 Å². The Morgan fingerprint density at radius 1 is 1.04 bits per heavy atom. The number of likely N-dealkylation sites (N-methyl/N-ethyl adjacent to an activating group) is 1. The van der Waals surface area contributed by atoms with E-state index in [0.29, 0.717) is 23.7 Å². The molecule has 0 fully saturated rings. The molecule has 0 bridgehead atoms. The van der Waals surface area contributed by atoms with Crippen LogP contribution in [0.25, 0.3) is 0 Å². The average Bonchev–Trinajstić information content (AvgIpc) is 2.58. The number of rotatable bonds is 6. The maximum absolute atomic E-state index is 12.3. The zero-order valence-electron chi connectivity index (χ0n) is 13.0. The lowest BCUT2D eigenvalue weighted by atomic mass is 10.2. The van der Waals surface area contributed by atoms with Crippen LogP contribution >= 0.6 is 11.6 Å². The van der Waals surface area contributed by atoms with E-state index in [-0.39, 0.29) is 18.4 Å². The summed E-state index contributed by atoms with van der Waals surface area (Å²) in [6.45, 7) is 2.97. The molecule has 120 valence electrons. The maximum atomic E-state index is 12.3. The predicted octanol–water partition coefficient (Wildman–Crippen LogP) is 3.12. The molecule has 0 saturated carbocycles. The molecular weight excluding hydrogens is 312 g/mol. The Labute approximate surface area is 141 Å². The van der Waals surface area contributed by atoms with E-state index in [9.17, 15) is 9.59 Å². The number of nitrogens with one attached hydrogen (secondary N) is 1. The molecule has 2 aromatic carbocycles. The van der Waals surface area contributed by atoms with Gasteiger partial charge in [-0.2, -0.15) is 0 Å². The van der Waals surface area contributed by atoms with Crippen LogP contribution in [-0.2, 0) is 11.3 Å². The molecule has 0 aliphatic rings. The van der Waals surface area contributed by atoms with Crippen LogP contribution in [0.3, 0.4) is 0 Å². The van der Waals surface area contributed by atoms with Crippen molar-refractivity contribution in [3.05, 3.63) is 70.7 Å². The van der Waals surface area contributed by atoms with Gasteiger partial charge in [0.05, 0.1) is 17.1 Å². The van der Waals surface area contributed by atoms with Crippen molar-refractivity contribution in [3.8, 4) is 0 Å². The summed E-state index contributed by atoms with van der Waals surface area (Å²) in [5, 5.41) is 3.00. The van der Waals surface area contributed by atoms with Gasteiger partial charge in [0, 0.05) is 13.1 Å². The molecule has 0 atom stereocenters. The SMILES string of the molecule is CCN(Cc1ccccc1)C(=O)CNC(=O)c1ccccc1Cl. The number of carbonyl (C=O) groups is 2. The normalized spacial score (nSPS) is 10.2. The second-order valence-corrected chi connectivity index (χ2v) is 5.46. The Hall–Kier alpha value is -2.33. The highest BCUT2D eigenvalue weighted by Gasteiger charge is 2.15. The van der Waals surface area contributed by atoms with E-state index in [4.69, 9.17) is 11.6 Å². The van der Waals surface area contributed by atoms with E-state index >= 15 is 0 Å². The molecule has 0 aromatic heterocycles. The molecule has 2 amide bonds. The minimum absolute atomic E-state index is 0.0509. The van der Waals surface area contributed by atoms with E-state index < -0.39 is 0 Å². The van der Waals surface area contributed by atoms with Crippen molar-refractivity contribution in [2.45, 2.75) is 13.5 Å². The van der Waals surface area contributed by atoms with Crippen molar-refractivity contribution in [2.24, 2.45) is 0 Å². The van der Waals surface area contributed by atoms with Gasteiger partial charge in [0.25, 0.3) is 5.91 Å². The summed E-state index contributed by atoms with van der Waals surface area (Å²) in [5.74, 6) is -0.475. The van der Waals surface area contributed by atoms with Crippen LogP contribution in [0.4, 0.5) is 0 Å². The maximum Gasteiger partial charge on any atom is 0.253 e. The highest BCUT2D eigenvalue weighted by atomic mass is 35.5. The molecule has 0 heterocycles. The van der Waals surface area contributed by atoms with Gasteiger partial charge in [-0.05, 0) is 24.6 Å². The highest BCUT2D eigenvalue weighted by Crippen LogP contribution is 2.14. The van der Waals surface area contributed by atoms with Crippen LogP contribution < -0.4 is 5.32 Å². The largest absolute Gasteiger partial charge is 0.343 e. The lowest BCUT2D eigenvalue weighted by molar-refractivity contribution is -0.130. The molecule has 0 radical (unpaired) electrons. The Bertz CT molecular complexity index is 674. The van der Waals surface area contributed by atoms with Crippen LogP contribution in [-0.4, -0.2) is 29.8 Å². The molecule has 0 spiro atoms. The molecule has 2 rings (SSSR count). The Balaban J connectivity index is 1.92. The van der Waals surface area contributed by atoms with Gasteiger partial charge in [-0.15, -0.1) is 0 Å². The van der Waals surface area contributed by atoms with Crippen molar-refractivity contribution in [2.75, 3.05) is 13.1 Å². The molecule has 2 aromatic rings. The molecule has 23 heavy (non-hydrogen) atoms. The van der Waals surface area contributed by atoms with Gasteiger partial charge in [-0.3, -0.25) is 9.59 Å². The van der Waals surface area contributed by atoms with Gasteiger partial charge in [0.15, 0.2) is 0 Å². The number of hydrogen-bond donors (Lipinski definition) is 1. The summed E-state index contributed by atoms with van der Waals surface area (Å²) in [7, 11) is 0. The van der Waals surface area contributed by atoms with Gasteiger partial charge in [-0.25, -0.2) is 0 Å². The fraction of sp³-hybridized carbons (Fsp3) is 0.222. The van der Waals surface area contributed by atoms with Crippen LogP contribution in [0.5, 0.6) is 0 Å². The molecule has 0 unspecified atom stereocenters. The molecular formula is C18H19ClN2O2. The highest BCUT2D eigenvalue weighted by molar-refractivity contribution is 6.33. The first kappa shape index (κ1) is 17.0. The molecule has 0 aliphatic carbocycles. The fourth-order valence-electron chi connectivity index (χ4n) is 2.19. The second kappa shape index (κ2) is 8.34.